The summed E-state index contributed by atoms with van der Waals surface area (Å²) in [7, 11) is 0. The number of benzene rings is 1. The van der Waals surface area contributed by atoms with Crippen LogP contribution in [0.4, 0.5) is 4.79 Å². The SMILES string of the molecule is O=C(O)c1cccc(CNC(=O)N2CCCOCC2)c1. The lowest BCUT2D eigenvalue weighted by Gasteiger charge is -2.20. The van der Waals surface area contributed by atoms with E-state index in [2.05, 4.69) is 5.32 Å². The highest BCUT2D eigenvalue weighted by molar-refractivity contribution is 5.87. The quantitative estimate of drug-likeness (QED) is 0.874. The van der Waals surface area contributed by atoms with Crippen molar-refractivity contribution in [2.75, 3.05) is 26.3 Å². The fourth-order valence-electron chi connectivity index (χ4n) is 2.05. The van der Waals surface area contributed by atoms with Gasteiger partial charge in [-0.3, -0.25) is 0 Å². The second-order valence-corrected chi connectivity index (χ2v) is 4.62. The normalized spacial score (nSPS) is 15.5. The Balaban J connectivity index is 1.89. The summed E-state index contributed by atoms with van der Waals surface area (Å²) in [5, 5.41) is 11.7. The molecule has 1 fully saturated rings. The lowest BCUT2D eigenvalue weighted by Crippen LogP contribution is -2.40. The molecular formula is C14H18N2O4. The monoisotopic (exact) mass is 278 g/mol. The van der Waals surface area contributed by atoms with Gasteiger partial charge < -0.3 is 20.1 Å². The topological polar surface area (TPSA) is 78.9 Å². The lowest BCUT2D eigenvalue weighted by atomic mass is 10.1. The Hall–Kier alpha value is -2.08. The summed E-state index contributed by atoms with van der Waals surface area (Å²) in [6.07, 6.45) is 0.835. The summed E-state index contributed by atoms with van der Waals surface area (Å²) in [6, 6.07) is 6.41. The highest BCUT2D eigenvalue weighted by atomic mass is 16.5. The van der Waals surface area contributed by atoms with E-state index in [0.29, 0.717) is 32.8 Å². The number of nitrogens with zero attached hydrogens (tertiary/aromatic N) is 1. The van der Waals surface area contributed by atoms with Gasteiger partial charge in [-0.05, 0) is 24.1 Å². The largest absolute Gasteiger partial charge is 0.478 e. The van der Waals surface area contributed by atoms with Gasteiger partial charge in [0.05, 0.1) is 12.2 Å². The number of ether oxygens (including phenoxy) is 1. The van der Waals surface area contributed by atoms with Crippen molar-refractivity contribution in [1.82, 2.24) is 10.2 Å². The standard InChI is InChI=1S/C14H18N2O4/c17-13(18)12-4-1-3-11(9-12)10-15-14(19)16-5-2-7-20-8-6-16/h1,3-4,9H,2,5-8,10H2,(H,15,19)(H,17,18). The molecule has 0 unspecified atom stereocenters. The molecule has 0 spiro atoms. The number of amides is 2. The number of aromatic carboxylic acids is 1. The minimum atomic E-state index is -0.970. The van der Waals surface area contributed by atoms with Crippen LogP contribution in [0.1, 0.15) is 22.3 Å². The molecule has 1 aliphatic heterocycles. The number of hydrogen-bond donors (Lipinski definition) is 2. The van der Waals surface area contributed by atoms with Crippen LogP contribution in [-0.4, -0.2) is 48.3 Å². The van der Waals surface area contributed by atoms with E-state index in [-0.39, 0.29) is 11.6 Å². The van der Waals surface area contributed by atoms with Gasteiger partial charge in [0.2, 0.25) is 0 Å². The van der Waals surface area contributed by atoms with E-state index in [4.69, 9.17) is 9.84 Å². The zero-order valence-corrected chi connectivity index (χ0v) is 11.2. The Labute approximate surface area is 117 Å². The second kappa shape index (κ2) is 6.91. The van der Waals surface area contributed by atoms with Crippen LogP contribution < -0.4 is 5.32 Å². The maximum absolute atomic E-state index is 12.0. The van der Waals surface area contributed by atoms with Gasteiger partial charge in [-0.25, -0.2) is 9.59 Å². The van der Waals surface area contributed by atoms with Gasteiger partial charge >= 0.3 is 12.0 Å². The fourth-order valence-corrected chi connectivity index (χ4v) is 2.05. The molecular weight excluding hydrogens is 260 g/mol. The maximum Gasteiger partial charge on any atom is 0.335 e. The van der Waals surface area contributed by atoms with Gasteiger partial charge in [0.15, 0.2) is 0 Å². The van der Waals surface area contributed by atoms with Crippen molar-refractivity contribution in [3.8, 4) is 0 Å². The van der Waals surface area contributed by atoms with Gasteiger partial charge in [-0.1, -0.05) is 12.1 Å². The average molecular weight is 278 g/mol. The molecule has 0 aliphatic carbocycles. The molecule has 0 saturated carbocycles. The van der Waals surface area contributed by atoms with E-state index >= 15 is 0 Å². The molecule has 6 nitrogen and oxygen atoms in total. The van der Waals surface area contributed by atoms with Gasteiger partial charge in [-0.15, -0.1) is 0 Å². The first kappa shape index (κ1) is 14.3. The van der Waals surface area contributed by atoms with Crippen LogP contribution in [-0.2, 0) is 11.3 Å². The molecule has 0 atom stereocenters. The summed E-state index contributed by atoms with van der Waals surface area (Å²) in [4.78, 5) is 24.6. The maximum atomic E-state index is 12.0. The molecule has 1 aromatic carbocycles. The van der Waals surface area contributed by atoms with Crippen LogP contribution in [0.5, 0.6) is 0 Å². The molecule has 20 heavy (non-hydrogen) atoms. The van der Waals surface area contributed by atoms with E-state index in [9.17, 15) is 9.59 Å². The molecule has 6 heteroatoms. The van der Waals surface area contributed by atoms with E-state index in [1.54, 1.807) is 23.1 Å². The number of carbonyl (C=O) groups is 2. The number of carboxylic acid groups (broad SMARTS) is 1. The Morgan fingerprint density at radius 2 is 2.15 bits per heavy atom. The third kappa shape index (κ3) is 3.96. The van der Waals surface area contributed by atoms with E-state index in [1.165, 1.54) is 6.07 Å². The molecule has 1 aromatic rings. The van der Waals surface area contributed by atoms with E-state index in [0.717, 1.165) is 12.0 Å². The first-order chi connectivity index (χ1) is 9.66. The molecule has 0 radical (unpaired) electrons. The Morgan fingerprint density at radius 1 is 1.30 bits per heavy atom. The number of nitrogens with one attached hydrogen (secondary N) is 1. The molecule has 2 amide bonds. The summed E-state index contributed by atoms with van der Waals surface area (Å²) < 4.78 is 5.29. The summed E-state index contributed by atoms with van der Waals surface area (Å²) in [5.74, 6) is -0.970. The number of urea groups is 1. The predicted octanol–water partition coefficient (Wildman–Crippen LogP) is 1.32. The third-order valence-corrected chi connectivity index (χ3v) is 3.13. The number of carboxylic acids is 1. The van der Waals surface area contributed by atoms with Crippen molar-refractivity contribution < 1.29 is 19.4 Å². The van der Waals surface area contributed by atoms with Gasteiger partial charge in [0, 0.05) is 26.2 Å². The molecule has 2 N–H and O–H groups in total. The zero-order chi connectivity index (χ0) is 14.4. The van der Waals surface area contributed by atoms with Crippen molar-refractivity contribution in [1.29, 1.82) is 0 Å². The molecule has 1 heterocycles. The van der Waals surface area contributed by atoms with Crippen molar-refractivity contribution in [3.63, 3.8) is 0 Å². The minimum Gasteiger partial charge on any atom is -0.478 e. The summed E-state index contributed by atoms with van der Waals surface area (Å²) >= 11 is 0. The molecule has 0 aromatic heterocycles. The van der Waals surface area contributed by atoms with Crippen LogP contribution in [0.25, 0.3) is 0 Å². The summed E-state index contributed by atoms with van der Waals surface area (Å²) in [5.41, 5.74) is 0.990. The van der Waals surface area contributed by atoms with E-state index < -0.39 is 5.97 Å². The first-order valence-electron chi connectivity index (χ1n) is 6.59. The Morgan fingerprint density at radius 3 is 2.95 bits per heavy atom. The highest BCUT2D eigenvalue weighted by Crippen LogP contribution is 2.06. The zero-order valence-electron chi connectivity index (χ0n) is 11.2. The summed E-state index contributed by atoms with van der Waals surface area (Å²) in [6.45, 7) is 2.83. The molecule has 2 rings (SSSR count). The van der Waals surface area contributed by atoms with Gasteiger partial charge in [-0.2, -0.15) is 0 Å². The molecule has 1 aliphatic rings. The number of hydrogen-bond acceptors (Lipinski definition) is 3. The van der Waals surface area contributed by atoms with E-state index in [1.807, 2.05) is 0 Å². The van der Waals surface area contributed by atoms with Crippen LogP contribution >= 0.6 is 0 Å². The Bertz CT molecular complexity index is 482. The van der Waals surface area contributed by atoms with Gasteiger partial charge in [0.25, 0.3) is 0 Å². The van der Waals surface area contributed by atoms with Crippen LogP contribution in [0, 0.1) is 0 Å². The molecule has 108 valence electrons. The van der Waals surface area contributed by atoms with Crippen molar-refractivity contribution in [2.24, 2.45) is 0 Å². The van der Waals surface area contributed by atoms with Crippen LogP contribution in [0.15, 0.2) is 24.3 Å². The lowest BCUT2D eigenvalue weighted by molar-refractivity contribution is 0.0696. The third-order valence-electron chi connectivity index (χ3n) is 3.13. The Kier molecular flexibility index (Phi) is 4.95. The minimum absolute atomic E-state index is 0.142. The van der Waals surface area contributed by atoms with Crippen molar-refractivity contribution in [3.05, 3.63) is 35.4 Å². The predicted molar refractivity (Wildman–Crippen MR) is 72.6 cm³/mol. The fraction of sp³-hybridized carbons (Fsp3) is 0.429. The molecule has 0 bridgehead atoms. The second-order valence-electron chi connectivity index (χ2n) is 4.62. The highest BCUT2D eigenvalue weighted by Gasteiger charge is 2.15. The van der Waals surface area contributed by atoms with Crippen LogP contribution in [0.2, 0.25) is 0 Å². The smallest absolute Gasteiger partial charge is 0.335 e. The number of carbonyl (C=O) groups excluding carboxylic acids is 1. The number of rotatable bonds is 3. The average Bonchev–Trinajstić information content (AvgIpc) is 2.74. The van der Waals surface area contributed by atoms with Crippen molar-refractivity contribution in [2.45, 2.75) is 13.0 Å². The van der Waals surface area contributed by atoms with Gasteiger partial charge in [0.1, 0.15) is 0 Å². The first-order valence-corrected chi connectivity index (χ1v) is 6.59. The van der Waals surface area contributed by atoms with Crippen LogP contribution in [0.3, 0.4) is 0 Å². The van der Waals surface area contributed by atoms with Crippen molar-refractivity contribution >= 4 is 12.0 Å². The molecule has 1 saturated heterocycles.